The first kappa shape index (κ1) is 19.3. The van der Waals surface area contributed by atoms with Gasteiger partial charge < -0.3 is 9.64 Å². The van der Waals surface area contributed by atoms with E-state index in [9.17, 15) is 4.79 Å². The van der Waals surface area contributed by atoms with Crippen LogP contribution in [0, 0.1) is 11.3 Å². The third-order valence-corrected chi connectivity index (χ3v) is 2.03. The number of likely N-dealkylation sites (N-methyl/N-ethyl adjacent to an activating group) is 1. The van der Waals surface area contributed by atoms with Crippen LogP contribution in [0.5, 0.6) is 0 Å². The van der Waals surface area contributed by atoms with E-state index in [1.54, 1.807) is 36.2 Å². The van der Waals surface area contributed by atoms with Gasteiger partial charge in [0, 0.05) is 12.7 Å². The lowest BCUT2D eigenvalue weighted by molar-refractivity contribution is -0.138. The maximum Gasteiger partial charge on any atom is 0.325 e. The summed E-state index contributed by atoms with van der Waals surface area (Å²) in [6.45, 7) is 8.20. The molecule has 1 rings (SSSR count). The number of methoxy groups -OCH3 is 1. The minimum absolute atomic E-state index is 0.197. The number of carbonyl (C=O) groups is 1. The summed E-state index contributed by atoms with van der Waals surface area (Å²) in [5.74, 6) is -0.290. The predicted octanol–water partition coefficient (Wildman–Crippen LogP) is 3.22. The summed E-state index contributed by atoms with van der Waals surface area (Å²) in [7, 11) is 3.15. The van der Waals surface area contributed by atoms with Crippen molar-refractivity contribution in [3.63, 3.8) is 0 Å². The molecule has 0 fully saturated rings. The van der Waals surface area contributed by atoms with Crippen molar-refractivity contribution in [1.29, 1.82) is 5.26 Å². The fourth-order valence-corrected chi connectivity index (χ4v) is 1.14. The Labute approximate surface area is 116 Å². The lowest BCUT2D eigenvalue weighted by atomic mass is 10.2. The van der Waals surface area contributed by atoms with Crippen LogP contribution in [-0.2, 0) is 9.53 Å². The number of ether oxygens (including phenoxy) is 1. The smallest absolute Gasteiger partial charge is 0.325 e. The number of rotatable bonds is 3. The van der Waals surface area contributed by atoms with Crippen molar-refractivity contribution < 1.29 is 9.53 Å². The molecule has 0 radical (unpaired) electrons. The zero-order valence-electron chi connectivity index (χ0n) is 12.7. The van der Waals surface area contributed by atoms with E-state index in [4.69, 9.17) is 5.26 Å². The lowest BCUT2D eigenvalue weighted by Crippen LogP contribution is -2.26. The van der Waals surface area contributed by atoms with Gasteiger partial charge in [-0.3, -0.25) is 4.79 Å². The van der Waals surface area contributed by atoms with Gasteiger partial charge in [-0.2, -0.15) is 5.26 Å². The van der Waals surface area contributed by atoms with E-state index in [0.29, 0.717) is 5.56 Å². The molecule has 0 saturated carbocycles. The Kier molecular flexibility index (Phi) is 12.6. The van der Waals surface area contributed by atoms with E-state index in [-0.39, 0.29) is 12.5 Å². The Hall–Kier alpha value is -2.02. The fourth-order valence-electron chi connectivity index (χ4n) is 1.14. The van der Waals surface area contributed by atoms with Crippen LogP contribution in [0.4, 0.5) is 5.69 Å². The number of hydrogen-bond acceptors (Lipinski definition) is 4. The molecule has 0 heterocycles. The molecule has 0 aliphatic rings. The number of anilines is 1. The summed E-state index contributed by atoms with van der Waals surface area (Å²) in [4.78, 5) is 12.8. The van der Waals surface area contributed by atoms with Gasteiger partial charge >= 0.3 is 5.97 Å². The van der Waals surface area contributed by atoms with Gasteiger partial charge in [-0.05, 0) is 24.3 Å². The van der Waals surface area contributed by atoms with E-state index >= 15 is 0 Å². The second kappa shape index (κ2) is 12.4. The number of carbonyl (C=O) groups excluding carboxylic acids is 1. The Bertz CT molecular complexity index is 380. The summed E-state index contributed by atoms with van der Waals surface area (Å²) in [5, 5.41) is 8.61. The number of hydrogen-bond donors (Lipinski definition) is 0. The molecular weight excluding hydrogens is 240 g/mol. The maximum atomic E-state index is 11.0. The Morgan fingerprint density at radius 3 is 2.05 bits per heavy atom. The number of nitrogens with zero attached hydrogens (tertiary/aromatic N) is 2. The highest BCUT2D eigenvalue weighted by molar-refractivity contribution is 5.75. The van der Waals surface area contributed by atoms with Crippen molar-refractivity contribution in [3.8, 4) is 6.07 Å². The highest BCUT2D eigenvalue weighted by atomic mass is 16.5. The van der Waals surface area contributed by atoms with Gasteiger partial charge in [0.05, 0.1) is 18.7 Å². The maximum absolute atomic E-state index is 11.0. The summed E-state index contributed by atoms with van der Waals surface area (Å²) in [5.41, 5.74) is 1.48. The van der Waals surface area contributed by atoms with E-state index < -0.39 is 0 Å². The molecule has 0 spiro atoms. The van der Waals surface area contributed by atoms with Gasteiger partial charge in [0.1, 0.15) is 6.54 Å². The van der Waals surface area contributed by atoms with Crippen LogP contribution in [0.1, 0.15) is 33.3 Å². The molecule has 4 heteroatoms. The van der Waals surface area contributed by atoms with Crippen molar-refractivity contribution in [1.82, 2.24) is 0 Å². The van der Waals surface area contributed by atoms with Gasteiger partial charge in [0.15, 0.2) is 0 Å². The van der Waals surface area contributed by atoms with Gasteiger partial charge in [-0.25, -0.2) is 0 Å². The number of esters is 1. The standard InChI is InChI=1S/C11H12N2O2.2C2H6/c1-13(8-11(14)15-2)10-5-3-9(7-12)4-6-10;2*1-2/h3-6H,8H2,1-2H3;2*1-2H3. The van der Waals surface area contributed by atoms with Gasteiger partial charge in [0.25, 0.3) is 0 Å². The Morgan fingerprint density at radius 2 is 1.68 bits per heavy atom. The van der Waals surface area contributed by atoms with Crippen LogP contribution in [0.2, 0.25) is 0 Å². The molecule has 0 aliphatic carbocycles. The fraction of sp³-hybridized carbons (Fsp3) is 0.467. The van der Waals surface area contributed by atoms with Crippen molar-refractivity contribution in [2.75, 3.05) is 25.6 Å². The highest BCUT2D eigenvalue weighted by Crippen LogP contribution is 2.12. The van der Waals surface area contributed by atoms with Crippen LogP contribution < -0.4 is 4.90 Å². The quantitative estimate of drug-likeness (QED) is 0.787. The summed E-state index contributed by atoms with van der Waals surface area (Å²) in [6.07, 6.45) is 0. The van der Waals surface area contributed by atoms with Crippen molar-refractivity contribution >= 4 is 11.7 Å². The van der Waals surface area contributed by atoms with Crippen molar-refractivity contribution in [2.45, 2.75) is 27.7 Å². The van der Waals surface area contributed by atoms with E-state index in [0.717, 1.165) is 5.69 Å². The molecule has 0 aromatic heterocycles. The average Bonchev–Trinajstić information content (AvgIpc) is 2.51. The molecule has 1 aromatic rings. The van der Waals surface area contributed by atoms with E-state index in [1.165, 1.54) is 7.11 Å². The molecular formula is C15H24N2O2. The van der Waals surface area contributed by atoms with E-state index in [2.05, 4.69) is 4.74 Å². The summed E-state index contributed by atoms with van der Waals surface area (Å²) < 4.78 is 4.55. The third kappa shape index (κ3) is 7.82. The summed E-state index contributed by atoms with van der Waals surface area (Å²) in [6, 6.07) is 9.04. The average molecular weight is 264 g/mol. The molecule has 0 atom stereocenters. The Morgan fingerprint density at radius 1 is 1.21 bits per heavy atom. The van der Waals surface area contributed by atoms with Gasteiger partial charge in [-0.15, -0.1) is 0 Å². The van der Waals surface area contributed by atoms with Crippen LogP contribution >= 0.6 is 0 Å². The minimum Gasteiger partial charge on any atom is -0.468 e. The third-order valence-electron chi connectivity index (χ3n) is 2.03. The van der Waals surface area contributed by atoms with Crippen LogP contribution in [0.15, 0.2) is 24.3 Å². The molecule has 0 amide bonds. The molecule has 19 heavy (non-hydrogen) atoms. The predicted molar refractivity (Wildman–Crippen MR) is 79.1 cm³/mol. The number of nitriles is 1. The first-order valence-corrected chi connectivity index (χ1v) is 6.45. The SMILES string of the molecule is CC.CC.COC(=O)CN(C)c1ccc(C#N)cc1. The van der Waals surface area contributed by atoms with Crippen molar-refractivity contribution in [2.24, 2.45) is 0 Å². The molecule has 4 nitrogen and oxygen atoms in total. The molecule has 1 aromatic carbocycles. The first-order valence-electron chi connectivity index (χ1n) is 6.45. The van der Waals surface area contributed by atoms with Gasteiger partial charge in [-0.1, -0.05) is 27.7 Å². The van der Waals surface area contributed by atoms with E-state index in [1.807, 2.05) is 33.8 Å². The monoisotopic (exact) mass is 264 g/mol. The molecule has 0 bridgehead atoms. The molecule has 106 valence electrons. The normalized spacial score (nSPS) is 7.84. The molecule has 0 N–H and O–H groups in total. The highest BCUT2D eigenvalue weighted by Gasteiger charge is 2.06. The summed E-state index contributed by atoms with van der Waals surface area (Å²) >= 11 is 0. The topological polar surface area (TPSA) is 53.3 Å². The van der Waals surface area contributed by atoms with Crippen molar-refractivity contribution in [3.05, 3.63) is 29.8 Å². The lowest BCUT2D eigenvalue weighted by Gasteiger charge is -2.17. The van der Waals surface area contributed by atoms with Gasteiger partial charge in [0.2, 0.25) is 0 Å². The molecule has 0 unspecified atom stereocenters. The van der Waals surface area contributed by atoms with Crippen LogP contribution in [0.25, 0.3) is 0 Å². The van der Waals surface area contributed by atoms with Crippen LogP contribution in [0.3, 0.4) is 0 Å². The Balaban J connectivity index is 0. The minimum atomic E-state index is -0.290. The first-order chi connectivity index (χ1) is 9.17. The second-order valence-corrected chi connectivity index (χ2v) is 3.09. The zero-order valence-corrected chi connectivity index (χ0v) is 12.7. The largest absolute Gasteiger partial charge is 0.468 e. The second-order valence-electron chi connectivity index (χ2n) is 3.09. The zero-order chi connectivity index (χ0) is 15.3. The van der Waals surface area contributed by atoms with Crippen LogP contribution in [-0.4, -0.2) is 26.7 Å². The molecule has 0 aliphatic heterocycles. The molecule has 0 saturated heterocycles. The number of benzene rings is 1.